The van der Waals surface area contributed by atoms with E-state index in [2.05, 4.69) is 4.98 Å². The highest BCUT2D eigenvalue weighted by Crippen LogP contribution is 2.11. The van der Waals surface area contributed by atoms with E-state index in [1.807, 2.05) is 41.1 Å². The number of benzene rings is 1. The van der Waals surface area contributed by atoms with Crippen LogP contribution in [0.25, 0.3) is 6.08 Å². The fourth-order valence-electron chi connectivity index (χ4n) is 1.47. The van der Waals surface area contributed by atoms with E-state index in [-0.39, 0.29) is 0 Å². The quantitative estimate of drug-likeness (QED) is 0.903. The third-order valence-electron chi connectivity index (χ3n) is 2.34. The van der Waals surface area contributed by atoms with Gasteiger partial charge in [-0.2, -0.15) is 0 Å². The first kappa shape index (κ1) is 11.9. The molecular weight excluding hydrogens is 236 g/mol. The van der Waals surface area contributed by atoms with E-state index in [1.54, 1.807) is 18.6 Å². The first-order valence-corrected chi connectivity index (χ1v) is 5.69. The molecule has 1 unspecified atom stereocenters. The smallest absolute Gasteiger partial charge is 0.0946 e. The Morgan fingerprint density at radius 1 is 1.35 bits per heavy atom. The molecule has 2 aromatic rings. The molecule has 1 aromatic heterocycles. The Hall–Kier alpha value is -1.58. The number of rotatable bonds is 4. The minimum Gasteiger partial charge on any atom is -0.387 e. The van der Waals surface area contributed by atoms with E-state index >= 15 is 0 Å². The zero-order valence-electron chi connectivity index (χ0n) is 9.20. The molecule has 0 aliphatic heterocycles. The average Bonchev–Trinajstić information content (AvgIpc) is 2.81. The summed E-state index contributed by atoms with van der Waals surface area (Å²) in [6.45, 7) is 0.504. The molecule has 0 amide bonds. The number of aliphatic hydroxyl groups is 1. The highest BCUT2D eigenvalue weighted by Gasteiger charge is 1.99. The maximum absolute atomic E-state index is 9.78. The zero-order valence-corrected chi connectivity index (χ0v) is 9.96. The third kappa shape index (κ3) is 3.73. The van der Waals surface area contributed by atoms with Crippen molar-refractivity contribution in [3.8, 4) is 0 Å². The van der Waals surface area contributed by atoms with Crippen LogP contribution in [-0.4, -0.2) is 20.8 Å². The van der Waals surface area contributed by atoms with Crippen molar-refractivity contribution in [1.82, 2.24) is 9.55 Å². The maximum atomic E-state index is 9.78. The maximum Gasteiger partial charge on any atom is 0.0946 e. The van der Waals surface area contributed by atoms with Crippen LogP contribution in [0.5, 0.6) is 0 Å². The summed E-state index contributed by atoms with van der Waals surface area (Å²) in [4.78, 5) is 3.92. The Morgan fingerprint density at radius 3 is 2.76 bits per heavy atom. The summed E-state index contributed by atoms with van der Waals surface area (Å²) in [5.74, 6) is 0. The van der Waals surface area contributed by atoms with Crippen LogP contribution in [0.1, 0.15) is 5.56 Å². The molecule has 4 heteroatoms. The number of aliphatic hydroxyl groups excluding tert-OH is 1. The molecule has 1 heterocycles. The summed E-state index contributed by atoms with van der Waals surface area (Å²) < 4.78 is 1.83. The van der Waals surface area contributed by atoms with Gasteiger partial charge >= 0.3 is 0 Å². The normalized spacial score (nSPS) is 13.1. The molecule has 0 bridgehead atoms. The Balaban J connectivity index is 1.93. The number of imidazole rings is 1. The van der Waals surface area contributed by atoms with Gasteiger partial charge in [-0.1, -0.05) is 35.9 Å². The molecule has 17 heavy (non-hydrogen) atoms. The second kappa shape index (κ2) is 5.66. The number of hydrogen-bond donors (Lipinski definition) is 1. The van der Waals surface area contributed by atoms with Crippen LogP contribution in [0.3, 0.4) is 0 Å². The van der Waals surface area contributed by atoms with Crippen LogP contribution in [0.2, 0.25) is 5.02 Å². The highest BCUT2D eigenvalue weighted by molar-refractivity contribution is 6.30. The van der Waals surface area contributed by atoms with E-state index in [0.717, 1.165) is 5.56 Å². The Morgan fingerprint density at radius 2 is 2.12 bits per heavy atom. The van der Waals surface area contributed by atoms with Crippen LogP contribution in [0.15, 0.2) is 49.1 Å². The van der Waals surface area contributed by atoms with Crippen molar-refractivity contribution in [3.63, 3.8) is 0 Å². The summed E-state index contributed by atoms with van der Waals surface area (Å²) >= 11 is 5.79. The van der Waals surface area contributed by atoms with Gasteiger partial charge in [0.25, 0.3) is 0 Å². The van der Waals surface area contributed by atoms with Gasteiger partial charge in [-0.15, -0.1) is 0 Å². The van der Waals surface area contributed by atoms with Crippen molar-refractivity contribution >= 4 is 17.7 Å². The predicted octanol–water partition coefficient (Wildman–Crippen LogP) is 2.61. The Bertz CT molecular complexity index is 477. The van der Waals surface area contributed by atoms with Gasteiger partial charge in [-0.3, -0.25) is 0 Å². The average molecular weight is 249 g/mol. The lowest BCUT2D eigenvalue weighted by atomic mass is 10.2. The van der Waals surface area contributed by atoms with Gasteiger partial charge in [-0.05, 0) is 17.7 Å². The molecule has 0 fully saturated rings. The summed E-state index contributed by atoms with van der Waals surface area (Å²) in [5.41, 5.74) is 1.01. The molecule has 2 rings (SSSR count). The van der Waals surface area contributed by atoms with Gasteiger partial charge in [0, 0.05) is 17.4 Å². The van der Waals surface area contributed by atoms with Crippen molar-refractivity contribution in [2.75, 3.05) is 0 Å². The fraction of sp³-hybridized carbons (Fsp3) is 0.154. The largest absolute Gasteiger partial charge is 0.387 e. The van der Waals surface area contributed by atoms with E-state index < -0.39 is 6.10 Å². The predicted molar refractivity (Wildman–Crippen MR) is 68.7 cm³/mol. The van der Waals surface area contributed by atoms with Gasteiger partial charge in [0.05, 0.1) is 19.0 Å². The zero-order chi connectivity index (χ0) is 12.1. The molecule has 1 aromatic carbocycles. The van der Waals surface area contributed by atoms with E-state index in [0.29, 0.717) is 11.6 Å². The standard InChI is InChI=1S/C13H13ClN2O/c14-12-4-1-11(2-5-12)3-6-13(17)9-16-8-7-15-10-16/h1-8,10,13,17H,9H2. The highest BCUT2D eigenvalue weighted by atomic mass is 35.5. The number of aromatic nitrogens is 2. The molecule has 3 nitrogen and oxygen atoms in total. The SMILES string of the molecule is OC(C=Cc1ccc(Cl)cc1)Cn1ccnc1. The van der Waals surface area contributed by atoms with Gasteiger partial charge in [0.1, 0.15) is 0 Å². The lowest BCUT2D eigenvalue weighted by Gasteiger charge is -2.05. The second-order valence-corrected chi connectivity index (χ2v) is 4.17. The van der Waals surface area contributed by atoms with Gasteiger partial charge in [0.2, 0.25) is 0 Å². The monoisotopic (exact) mass is 248 g/mol. The van der Waals surface area contributed by atoms with Gasteiger partial charge < -0.3 is 9.67 Å². The van der Waals surface area contributed by atoms with Crippen molar-refractivity contribution < 1.29 is 5.11 Å². The summed E-state index contributed by atoms with van der Waals surface area (Å²) in [5, 5.41) is 10.5. The molecule has 88 valence electrons. The minimum atomic E-state index is -0.528. The van der Waals surface area contributed by atoms with Crippen LogP contribution < -0.4 is 0 Å². The fourth-order valence-corrected chi connectivity index (χ4v) is 1.59. The topological polar surface area (TPSA) is 38.0 Å². The van der Waals surface area contributed by atoms with Crippen LogP contribution in [0, 0.1) is 0 Å². The van der Waals surface area contributed by atoms with Crippen LogP contribution >= 0.6 is 11.6 Å². The summed E-state index contributed by atoms with van der Waals surface area (Å²) in [6, 6.07) is 7.46. The van der Waals surface area contributed by atoms with Crippen molar-refractivity contribution in [3.05, 3.63) is 59.6 Å². The number of halogens is 1. The summed E-state index contributed by atoms with van der Waals surface area (Å²) in [7, 11) is 0. The summed E-state index contributed by atoms with van der Waals surface area (Å²) in [6.07, 6.45) is 8.29. The van der Waals surface area contributed by atoms with Crippen molar-refractivity contribution in [1.29, 1.82) is 0 Å². The van der Waals surface area contributed by atoms with Crippen LogP contribution in [-0.2, 0) is 6.54 Å². The molecule has 0 aliphatic rings. The van der Waals surface area contributed by atoms with Crippen molar-refractivity contribution in [2.24, 2.45) is 0 Å². The number of hydrogen-bond acceptors (Lipinski definition) is 2. The molecule has 0 aliphatic carbocycles. The first-order chi connectivity index (χ1) is 8.24. The van der Waals surface area contributed by atoms with Crippen molar-refractivity contribution in [2.45, 2.75) is 12.6 Å². The molecule has 0 saturated carbocycles. The lowest BCUT2D eigenvalue weighted by molar-refractivity contribution is 0.202. The molecule has 0 spiro atoms. The van der Waals surface area contributed by atoms with Crippen LogP contribution in [0.4, 0.5) is 0 Å². The molecule has 1 atom stereocenters. The van der Waals surface area contributed by atoms with E-state index in [4.69, 9.17) is 11.6 Å². The second-order valence-electron chi connectivity index (χ2n) is 3.74. The first-order valence-electron chi connectivity index (χ1n) is 5.31. The Kier molecular flexibility index (Phi) is 3.96. The van der Waals surface area contributed by atoms with E-state index in [1.165, 1.54) is 0 Å². The lowest BCUT2D eigenvalue weighted by Crippen LogP contribution is -2.11. The van der Waals surface area contributed by atoms with Gasteiger partial charge in [-0.25, -0.2) is 4.98 Å². The Labute approximate surface area is 105 Å². The molecule has 0 radical (unpaired) electrons. The molecular formula is C13H13ClN2O. The number of nitrogens with zero attached hydrogens (tertiary/aromatic N) is 2. The molecule has 1 N–H and O–H groups in total. The minimum absolute atomic E-state index is 0.504. The molecule has 0 saturated heterocycles. The van der Waals surface area contributed by atoms with E-state index in [9.17, 15) is 5.11 Å². The van der Waals surface area contributed by atoms with Gasteiger partial charge in [0.15, 0.2) is 0 Å². The third-order valence-corrected chi connectivity index (χ3v) is 2.59.